The van der Waals surface area contributed by atoms with Gasteiger partial charge >= 0.3 is 5.97 Å². The summed E-state index contributed by atoms with van der Waals surface area (Å²) in [5.41, 5.74) is 1.15. The number of carbonyl (C=O) groups is 1. The van der Waals surface area contributed by atoms with E-state index in [-0.39, 0.29) is 10.6 Å². The van der Waals surface area contributed by atoms with E-state index in [9.17, 15) is 20.0 Å². The van der Waals surface area contributed by atoms with Crippen LogP contribution in [0.3, 0.4) is 0 Å². The molecule has 8 heteroatoms. The van der Waals surface area contributed by atoms with Crippen molar-refractivity contribution >= 4 is 33.9 Å². The number of aromatic carboxylic acids is 1. The van der Waals surface area contributed by atoms with Crippen LogP contribution in [0.1, 0.15) is 36.1 Å². The number of carboxylic acid groups (broad SMARTS) is 1. The van der Waals surface area contributed by atoms with Crippen LogP contribution in [0.5, 0.6) is 0 Å². The lowest BCUT2D eigenvalue weighted by Crippen LogP contribution is -1.96. The molecule has 134 valence electrons. The highest BCUT2D eigenvalue weighted by atomic mass is 32.2. The summed E-state index contributed by atoms with van der Waals surface area (Å²) >= 11 is 1.46. The SMILES string of the molecule is CC[s+]1c(-c2ccc(SCC(C)C)c([N+](=O)[O-])c2)nc(C)c1C(=O)O. The Hall–Kier alpha value is -1.93. The van der Waals surface area contributed by atoms with Gasteiger partial charge in [0, 0.05) is 22.3 Å². The third-order valence-corrected chi connectivity index (χ3v) is 7.36. The summed E-state index contributed by atoms with van der Waals surface area (Å²) < 4.78 is 0. The van der Waals surface area contributed by atoms with Crippen molar-refractivity contribution in [1.82, 2.24) is 4.98 Å². The maximum atomic E-state index is 11.5. The molecule has 0 radical (unpaired) electrons. The first-order valence-electron chi connectivity index (χ1n) is 7.91. The molecule has 2 aromatic rings. The third kappa shape index (κ3) is 4.19. The second-order valence-electron chi connectivity index (χ2n) is 5.96. The number of aryl methyl sites for hydroxylation is 1. The largest absolute Gasteiger partial charge is 0.474 e. The molecule has 1 aromatic heterocycles. The van der Waals surface area contributed by atoms with E-state index < -0.39 is 16.4 Å². The molecule has 0 fully saturated rings. The Balaban J connectivity index is 2.54. The maximum absolute atomic E-state index is 11.5. The molecule has 1 N–H and O–H groups in total. The number of nitro groups is 1. The fourth-order valence-electron chi connectivity index (χ4n) is 2.45. The molecule has 1 aromatic carbocycles. The number of thioether (sulfide) groups is 1. The topological polar surface area (TPSA) is 93.3 Å². The molecular weight excluding hydrogens is 360 g/mol. The van der Waals surface area contributed by atoms with E-state index in [2.05, 4.69) is 18.8 Å². The molecule has 0 amide bonds. The summed E-state index contributed by atoms with van der Waals surface area (Å²) in [6, 6.07) is 5.08. The summed E-state index contributed by atoms with van der Waals surface area (Å²) in [5.74, 6) is 0.860. The third-order valence-electron chi connectivity index (χ3n) is 3.54. The van der Waals surface area contributed by atoms with Crippen LogP contribution in [0.15, 0.2) is 23.1 Å². The predicted octanol–water partition coefficient (Wildman–Crippen LogP) is 5.18. The van der Waals surface area contributed by atoms with Gasteiger partial charge in [-0.1, -0.05) is 13.8 Å². The Morgan fingerprint density at radius 1 is 1.44 bits per heavy atom. The fourth-order valence-corrected chi connectivity index (χ4v) is 5.44. The fraction of sp³-hybridized carbons (Fsp3) is 0.412. The molecule has 6 nitrogen and oxygen atoms in total. The predicted molar refractivity (Wildman–Crippen MR) is 102 cm³/mol. The van der Waals surface area contributed by atoms with Gasteiger partial charge in [0.2, 0.25) is 0 Å². The minimum absolute atomic E-state index is 0.0481. The average molecular weight is 381 g/mol. The summed E-state index contributed by atoms with van der Waals surface area (Å²) in [7, 11) is -0.660. The first-order chi connectivity index (χ1) is 11.8. The van der Waals surface area contributed by atoms with Crippen molar-refractivity contribution in [1.29, 1.82) is 0 Å². The molecular formula is C17H21N2O4S2+. The minimum Gasteiger partial charge on any atom is -0.474 e. The van der Waals surface area contributed by atoms with E-state index in [1.165, 1.54) is 17.8 Å². The molecule has 1 atom stereocenters. The first-order valence-corrected chi connectivity index (χ1v) is 10.3. The zero-order valence-electron chi connectivity index (χ0n) is 14.6. The number of benzene rings is 1. The van der Waals surface area contributed by atoms with Gasteiger partial charge in [-0.3, -0.25) is 10.1 Å². The number of rotatable bonds is 7. The van der Waals surface area contributed by atoms with Gasteiger partial charge in [-0.2, -0.15) is 4.98 Å². The van der Waals surface area contributed by atoms with Crippen molar-refractivity contribution in [2.24, 2.45) is 5.92 Å². The van der Waals surface area contributed by atoms with E-state index >= 15 is 0 Å². The zero-order chi connectivity index (χ0) is 18.7. The lowest BCUT2D eigenvalue weighted by Gasteiger charge is -2.06. The number of carboxylic acids is 1. The van der Waals surface area contributed by atoms with Crippen LogP contribution < -0.4 is 0 Å². The van der Waals surface area contributed by atoms with Crippen LogP contribution >= 0.6 is 22.2 Å². The Morgan fingerprint density at radius 3 is 2.64 bits per heavy atom. The second-order valence-corrected chi connectivity index (χ2v) is 9.18. The van der Waals surface area contributed by atoms with Gasteiger partial charge in [0.25, 0.3) is 15.6 Å². The van der Waals surface area contributed by atoms with Gasteiger partial charge in [-0.15, -0.1) is 11.8 Å². The molecule has 0 aliphatic carbocycles. The average Bonchev–Trinajstić information content (AvgIpc) is 2.89. The number of nitro benzene ring substituents is 1. The van der Waals surface area contributed by atoms with E-state index in [4.69, 9.17) is 0 Å². The van der Waals surface area contributed by atoms with Crippen LogP contribution in [-0.4, -0.2) is 26.7 Å². The second kappa shape index (κ2) is 7.97. The lowest BCUT2D eigenvalue weighted by molar-refractivity contribution is -0.387. The van der Waals surface area contributed by atoms with Crippen molar-refractivity contribution in [2.75, 3.05) is 5.75 Å². The first kappa shape index (κ1) is 19.4. The highest BCUT2D eigenvalue weighted by Gasteiger charge is 2.32. The molecule has 25 heavy (non-hydrogen) atoms. The molecule has 0 bridgehead atoms. The number of nitrogens with zero attached hydrogens (tertiary/aromatic N) is 2. The summed E-state index contributed by atoms with van der Waals surface area (Å²) in [4.78, 5) is 27.9. The number of hydrogen-bond acceptors (Lipinski definition) is 5. The van der Waals surface area contributed by atoms with Crippen molar-refractivity contribution in [2.45, 2.75) is 38.3 Å². The molecule has 0 saturated heterocycles. The van der Waals surface area contributed by atoms with Gasteiger partial charge < -0.3 is 5.11 Å². The van der Waals surface area contributed by atoms with Crippen molar-refractivity contribution in [3.63, 3.8) is 0 Å². The standard InChI is InChI=1S/C17H20N2O4S2/c1-5-25-15(17(20)21)11(4)18-16(25)12-6-7-14(24-9-10(2)3)13(8-12)19(22)23/h6-8,10H,5,9H2,1-4H3/p+1. The molecule has 0 saturated carbocycles. The van der Waals surface area contributed by atoms with E-state index in [1.54, 1.807) is 13.0 Å². The molecule has 1 unspecified atom stereocenters. The monoisotopic (exact) mass is 381 g/mol. The van der Waals surface area contributed by atoms with Gasteiger partial charge in [-0.05, 0) is 31.9 Å². The molecule has 1 heterocycles. The Kier molecular flexibility index (Phi) is 6.18. The number of hydrogen-bond donors (Lipinski definition) is 1. The number of aromatic nitrogens is 1. The molecule has 0 aliphatic heterocycles. The quantitative estimate of drug-likeness (QED) is 0.307. The van der Waals surface area contributed by atoms with E-state index in [0.717, 1.165) is 5.75 Å². The van der Waals surface area contributed by atoms with Gasteiger partial charge in [-0.25, -0.2) is 4.79 Å². The Bertz CT molecular complexity index is 815. The van der Waals surface area contributed by atoms with Crippen LogP contribution in [0, 0.1) is 23.0 Å². The Labute approximate surface area is 153 Å². The van der Waals surface area contributed by atoms with Gasteiger partial charge in [0.05, 0.1) is 15.4 Å². The Morgan fingerprint density at radius 2 is 2.12 bits per heavy atom. The van der Waals surface area contributed by atoms with Crippen LogP contribution in [0.25, 0.3) is 10.6 Å². The van der Waals surface area contributed by atoms with Crippen molar-refractivity contribution < 1.29 is 14.8 Å². The van der Waals surface area contributed by atoms with Crippen LogP contribution in [0.4, 0.5) is 5.69 Å². The van der Waals surface area contributed by atoms with E-state index in [0.29, 0.717) is 37.7 Å². The minimum atomic E-state index is -0.972. The molecule has 0 aliphatic rings. The maximum Gasteiger partial charge on any atom is 0.391 e. The summed E-state index contributed by atoms with van der Waals surface area (Å²) in [6.07, 6.45) is 0. The normalized spacial score (nSPS) is 11.8. The van der Waals surface area contributed by atoms with Crippen LogP contribution in [-0.2, 0) is 5.75 Å². The zero-order valence-corrected chi connectivity index (χ0v) is 16.2. The summed E-state index contributed by atoms with van der Waals surface area (Å²) in [6.45, 7) is 7.71. The lowest BCUT2D eigenvalue weighted by atomic mass is 10.2. The smallest absolute Gasteiger partial charge is 0.391 e. The highest BCUT2D eigenvalue weighted by Crippen LogP contribution is 2.42. The summed E-state index contributed by atoms with van der Waals surface area (Å²) in [5, 5.41) is 21.5. The molecule has 2 rings (SSSR count). The number of thiazole rings is 1. The van der Waals surface area contributed by atoms with Crippen molar-refractivity contribution in [3.8, 4) is 10.6 Å². The van der Waals surface area contributed by atoms with Crippen molar-refractivity contribution in [3.05, 3.63) is 38.9 Å². The van der Waals surface area contributed by atoms with Crippen LogP contribution in [0.2, 0.25) is 0 Å². The van der Waals surface area contributed by atoms with Gasteiger partial charge in [0.1, 0.15) is 11.4 Å². The highest BCUT2D eigenvalue weighted by molar-refractivity contribution is 7.99. The molecule has 0 spiro atoms. The van der Waals surface area contributed by atoms with Gasteiger partial charge in [0.15, 0.2) is 0 Å². The van der Waals surface area contributed by atoms with E-state index in [1.807, 2.05) is 13.0 Å².